The van der Waals surface area contributed by atoms with E-state index in [1.807, 2.05) is 36.2 Å². The van der Waals surface area contributed by atoms with E-state index in [0.29, 0.717) is 0 Å². The van der Waals surface area contributed by atoms with Crippen LogP contribution >= 0.6 is 23.5 Å². The second-order valence-corrected chi connectivity index (χ2v) is 9.47. The molecule has 2 aromatic carbocycles. The summed E-state index contributed by atoms with van der Waals surface area (Å²) in [7, 11) is 1.68. The maximum Gasteiger partial charge on any atom is 0.166 e. The number of unbranched alkanes of at least 4 members (excludes halogenated alkanes) is 2. The molecule has 0 aliphatic rings. The van der Waals surface area contributed by atoms with Crippen molar-refractivity contribution in [3.8, 4) is 5.75 Å². The van der Waals surface area contributed by atoms with E-state index < -0.39 is 0 Å². The molecule has 2 heterocycles. The van der Waals surface area contributed by atoms with Crippen LogP contribution in [0.15, 0.2) is 76.9 Å². The van der Waals surface area contributed by atoms with Crippen LogP contribution in [0, 0.1) is 0 Å². The van der Waals surface area contributed by atoms with Crippen LogP contribution in [0.1, 0.15) is 30.5 Å². The molecule has 0 bridgehead atoms. The number of nitrogens with zero attached hydrogens (tertiary/aromatic N) is 2. The fourth-order valence-electron chi connectivity index (χ4n) is 3.37. The Kier molecular flexibility index (Phi) is 7.91. The van der Waals surface area contributed by atoms with Crippen molar-refractivity contribution >= 4 is 34.6 Å². The highest BCUT2D eigenvalue weighted by molar-refractivity contribution is 7.99. The van der Waals surface area contributed by atoms with Gasteiger partial charge in [0.25, 0.3) is 0 Å². The van der Waals surface area contributed by atoms with Gasteiger partial charge in [-0.25, -0.2) is 4.98 Å². The summed E-state index contributed by atoms with van der Waals surface area (Å²) in [6.07, 6.45) is 6.86. The van der Waals surface area contributed by atoms with Crippen LogP contribution in [0.2, 0.25) is 0 Å². The lowest BCUT2D eigenvalue weighted by Crippen LogP contribution is -1.89. The molecule has 0 atom stereocenters. The van der Waals surface area contributed by atoms with Crippen molar-refractivity contribution in [2.45, 2.75) is 41.5 Å². The van der Waals surface area contributed by atoms with E-state index in [9.17, 15) is 0 Å². The molecular formula is C25H27N3OS2. The molecule has 0 fully saturated rings. The van der Waals surface area contributed by atoms with E-state index in [-0.39, 0.29) is 0 Å². The number of rotatable bonds is 11. The number of pyridine rings is 1. The average molecular weight is 450 g/mol. The Hall–Kier alpha value is -2.44. The minimum Gasteiger partial charge on any atom is -0.497 e. The topological polar surface area (TPSA) is 50.8 Å². The quantitative estimate of drug-likeness (QED) is 0.202. The third-order valence-electron chi connectivity index (χ3n) is 5.03. The lowest BCUT2D eigenvalue weighted by atomic mass is 10.1. The predicted molar refractivity (Wildman–Crippen MR) is 131 cm³/mol. The van der Waals surface area contributed by atoms with E-state index in [2.05, 4.69) is 57.4 Å². The normalized spacial score (nSPS) is 11.1. The molecule has 1 N–H and O–H groups in total. The van der Waals surface area contributed by atoms with Crippen molar-refractivity contribution < 1.29 is 4.74 Å². The van der Waals surface area contributed by atoms with Crippen molar-refractivity contribution in [2.24, 2.45) is 0 Å². The summed E-state index contributed by atoms with van der Waals surface area (Å²) >= 11 is 3.60. The van der Waals surface area contributed by atoms with E-state index in [1.165, 1.54) is 36.1 Å². The predicted octanol–water partition coefficient (Wildman–Crippen LogP) is 6.76. The highest BCUT2D eigenvalue weighted by atomic mass is 32.2. The summed E-state index contributed by atoms with van der Waals surface area (Å²) < 4.78 is 5.28. The Bertz CT molecular complexity index is 1100. The van der Waals surface area contributed by atoms with E-state index in [4.69, 9.17) is 4.74 Å². The Morgan fingerprint density at radius 1 is 0.935 bits per heavy atom. The Morgan fingerprint density at radius 2 is 1.84 bits per heavy atom. The number of aromatic nitrogens is 3. The number of benzene rings is 2. The zero-order valence-electron chi connectivity index (χ0n) is 17.7. The standard InChI is InChI=1S/C25H27N3OS2/c1-29-21-11-12-23-24(17-21)28-25(27-23)31-18-20-16-22(13-14-26-20)30-15-7-3-6-10-19-8-4-2-5-9-19/h2,4-5,8-9,11-14,16-17H,3,6-7,10,15,18H2,1H3,(H,27,28). The van der Waals surface area contributed by atoms with Gasteiger partial charge in [-0.05, 0) is 54.8 Å². The van der Waals surface area contributed by atoms with Gasteiger partial charge in [-0.1, -0.05) is 48.5 Å². The average Bonchev–Trinajstić information content (AvgIpc) is 3.23. The fraction of sp³-hybridized carbons (Fsp3) is 0.280. The van der Waals surface area contributed by atoms with Crippen LogP contribution in [0.5, 0.6) is 5.75 Å². The third kappa shape index (κ3) is 6.52. The molecule has 0 unspecified atom stereocenters. The number of methoxy groups -OCH3 is 1. The van der Waals surface area contributed by atoms with Crippen molar-refractivity contribution in [1.82, 2.24) is 15.0 Å². The fourth-order valence-corrected chi connectivity index (χ4v) is 5.12. The van der Waals surface area contributed by atoms with Crippen LogP contribution in [-0.4, -0.2) is 27.8 Å². The largest absolute Gasteiger partial charge is 0.497 e. The number of fused-ring (bicyclic) bond motifs is 1. The van der Waals surface area contributed by atoms with Crippen molar-refractivity contribution in [3.63, 3.8) is 0 Å². The zero-order chi connectivity index (χ0) is 21.3. The second-order valence-electron chi connectivity index (χ2n) is 7.34. The monoisotopic (exact) mass is 449 g/mol. The number of aryl methyl sites for hydroxylation is 1. The molecule has 2 aromatic heterocycles. The number of thioether (sulfide) groups is 2. The van der Waals surface area contributed by atoms with Gasteiger partial charge in [0.15, 0.2) is 5.16 Å². The molecule has 0 radical (unpaired) electrons. The molecule has 0 aliphatic carbocycles. The van der Waals surface area contributed by atoms with Gasteiger partial charge in [0.2, 0.25) is 0 Å². The number of ether oxygens (including phenoxy) is 1. The second kappa shape index (κ2) is 11.3. The number of hydrogen-bond acceptors (Lipinski definition) is 5. The summed E-state index contributed by atoms with van der Waals surface area (Å²) in [5.41, 5.74) is 4.46. The molecule has 0 saturated heterocycles. The molecule has 0 amide bonds. The molecule has 0 spiro atoms. The number of aromatic amines is 1. The zero-order valence-corrected chi connectivity index (χ0v) is 19.3. The minimum absolute atomic E-state index is 0.794. The van der Waals surface area contributed by atoms with Gasteiger partial charge >= 0.3 is 0 Å². The van der Waals surface area contributed by atoms with E-state index in [1.54, 1.807) is 18.9 Å². The van der Waals surface area contributed by atoms with E-state index in [0.717, 1.165) is 39.1 Å². The summed E-state index contributed by atoms with van der Waals surface area (Å²) in [4.78, 5) is 13.8. The first-order chi connectivity index (χ1) is 15.3. The van der Waals surface area contributed by atoms with Gasteiger partial charge in [-0.2, -0.15) is 0 Å². The first-order valence-electron chi connectivity index (χ1n) is 10.6. The number of H-pyrrole nitrogens is 1. The summed E-state index contributed by atoms with van der Waals surface area (Å²) in [5.74, 6) is 2.78. The molecule has 31 heavy (non-hydrogen) atoms. The highest BCUT2D eigenvalue weighted by Crippen LogP contribution is 2.26. The molecule has 0 saturated carbocycles. The van der Waals surface area contributed by atoms with Gasteiger partial charge in [-0.15, -0.1) is 11.8 Å². The van der Waals surface area contributed by atoms with Crippen molar-refractivity contribution in [3.05, 3.63) is 78.1 Å². The van der Waals surface area contributed by atoms with Crippen LogP contribution in [0.25, 0.3) is 11.0 Å². The lowest BCUT2D eigenvalue weighted by molar-refractivity contribution is 0.415. The van der Waals surface area contributed by atoms with Gasteiger partial charge < -0.3 is 9.72 Å². The number of imidazole rings is 1. The van der Waals surface area contributed by atoms with Crippen LogP contribution in [0.3, 0.4) is 0 Å². The summed E-state index contributed by atoms with van der Waals surface area (Å²) in [6, 6.07) is 20.9. The lowest BCUT2D eigenvalue weighted by Gasteiger charge is -2.05. The molecule has 0 aliphatic heterocycles. The molecule has 6 heteroatoms. The Balaban J connectivity index is 1.21. The third-order valence-corrected chi connectivity index (χ3v) is 7.02. The Morgan fingerprint density at radius 3 is 2.71 bits per heavy atom. The molecule has 4 nitrogen and oxygen atoms in total. The molecule has 160 valence electrons. The smallest absolute Gasteiger partial charge is 0.166 e. The van der Waals surface area contributed by atoms with E-state index >= 15 is 0 Å². The van der Waals surface area contributed by atoms with Crippen molar-refractivity contribution in [2.75, 3.05) is 12.9 Å². The summed E-state index contributed by atoms with van der Waals surface area (Å²) in [6.45, 7) is 0. The van der Waals surface area contributed by atoms with Gasteiger partial charge in [0.05, 0.1) is 23.8 Å². The van der Waals surface area contributed by atoms with Crippen LogP contribution < -0.4 is 4.74 Å². The Labute approximate surface area is 192 Å². The van der Waals surface area contributed by atoms with Crippen LogP contribution in [-0.2, 0) is 12.2 Å². The first-order valence-corrected chi connectivity index (χ1v) is 12.6. The maximum atomic E-state index is 5.28. The highest BCUT2D eigenvalue weighted by Gasteiger charge is 2.06. The van der Waals surface area contributed by atoms with Gasteiger partial charge in [-0.3, -0.25) is 4.98 Å². The minimum atomic E-state index is 0.794. The first kappa shape index (κ1) is 21.8. The van der Waals surface area contributed by atoms with Crippen LogP contribution in [0.4, 0.5) is 0 Å². The maximum absolute atomic E-state index is 5.28. The molecule has 4 aromatic rings. The van der Waals surface area contributed by atoms with Gasteiger partial charge in [0.1, 0.15) is 5.75 Å². The van der Waals surface area contributed by atoms with Crippen molar-refractivity contribution in [1.29, 1.82) is 0 Å². The van der Waals surface area contributed by atoms with Gasteiger partial charge in [0, 0.05) is 22.9 Å². The number of nitrogens with one attached hydrogen (secondary N) is 1. The molecular weight excluding hydrogens is 422 g/mol. The SMILES string of the molecule is COc1ccc2nc(SCc3cc(SCCCCCc4ccccc4)ccn3)[nH]c2c1. The molecule has 4 rings (SSSR count). The summed E-state index contributed by atoms with van der Waals surface area (Å²) in [5, 5.41) is 0.904. The number of hydrogen-bond donors (Lipinski definition) is 1.